The van der Waals surface area contributed by atoms with Gasteiger partial charge in [0, 0.05) is 10.4 Å². The maximum Gasteiger partial charge on any atom is 0.342 e. The Labute approximate surface area is 154 Å². The van der Waals surface area contributed by atoms with Gasteiger partial charge in [-0.05, 0) is 37.3 Å². The molecule has 3 rings (SSSR count). The molecule has 134 valence electrons. The van der Waals surface area contributed by atoms with Crippen molar-refractivity contribution in [1.29, 1.82) is 0 Å². The number of nitrogens with one attached hydrogen (secondary N) is 1. The minimum Gasteiger partial charge on any atom is -0.507 e. The van der Waals surface area contributed by atoms with Gasteiger partial charge < -0.3 is 19.6 Å². The lowest BCUT2D eigenvalue weighted by molar-refractivity contribution is -0.125. The van der Waals surface area contributed by atoms with Crippen LogP contribution in [0, 0.1) is 0 Å². The number of hydrogen-bond donors (Lipinski definition) is 2. The van der Waals surface area contributed by atoms with Crippen LogP contribution in [0.1, 0.15) is 29.1 Å². The SMILES string of the molecule is C[C@H](NC(=O)COC(=O)c1ccc(Cl)cc1O)c1cc2ccccc2o1. The number of benzene rings is 2. The standard InChI is InChI=1S/C19H16ClNO5/c1-11(17-8-12-4-2-3-5-16(12)26-17)21-18(23)10-25-19(24)14-7-6-13(20)9-15(14)22/h2-9,11,22H,10H2,1H3,(H,21,23)/t11-/m0/s1. The highest BCUT2D eigenvalue weighted by atomic mass is 35.5. The Bertz CT molecular complexity index is 932. The first kappa shape index (κ1) is 17.8. The van der Waals surface area contributed by atoms with Crippen molar-refractivity contribution in [3.05, 3.63) is 64.9 Å². The van der Waals surface area contributed by atoms with Crippen LogP contribution in [0.15, 0.2) is 52.9 Å². The number of ether oxygens (including phenoxy) is 1. The van der Waals surface area contributed by atoms with Crippen molar-refractivity contribution in [3.8, 4) is 5.75 Å². The molecule has 1 atom stereocenters. The highest BCUT2D eigenvalue weighted by molar-refractivity contribution is 6.30. The lowest BCUT2D eigenvalue weighted by Crippen LogP contribution is -2.31. The second-order valence-corrected chi connectivity index (χ2v) is 6.15. The molecule has 1 aromatic heterocycles. The molecule has 2 N–H and O–H groups in total. The van der Waals surface area contributed by atoms with Gasteiger partial charge in [0.2, 0.25) is 0 Å². The number of halogens is 1. The molecule has 0 unspecified atom stereocenters. The Balaban J connectivity index is 1.57. The summed E-state index contributed by atoms with van der Waals surface area (Å²) in [5.41, 5.74) is 0.667. The van der Waals surface area contributed by atoms with Gasteiger partial charge in [0.1, 0.15) is 22.7 Å². The van der Waals surface area contributed by atoms with Crippen LogP contribution in [0.5, 0.6) is 5.75 Å². The molecule has 0 fully saturated rings. The number of fused-ring (bicyclic) bond motifs is 1. The van der Waals surface area contributed by atoms with Gasteiger partial charge in [-0.2, -0.15) is 0 Å². The summed E-state index contributed by atoms with van der Waals surface area (Å²) in [7, 11) is 0. The lowest BCUT2D eigenvalue weighted by atomic mass is 10.2. The van der Waals surface area contributed by atoms with Crippen LogP contribution in [0.3, 0.4) is 0 Å². The van der Waals surface area contributed by atoms with E-state index in [4.69, 9.17) is 20.8 Å². The summed E-state index contributed by atoms with van der Waals surface area (Å²) in [5, 5.41) is 13.6. The molecule has 0 bridgehead atoms. The van der Waals surface area contributed by atoms with Crippen LogP contribution in [-0.2, 0) is 9.53 Å². The molecule has 6 nitrogen and oxygen atoms in total. The highest BCUT2D eigenvalue weighted by Crippen LogP contribution is 2.24. The number of rotatable bonds is 5. The number of esters is 1. The molecule has 0 spiro atoms. The molecule has 7 heteroatoms. The van der Waals surface area contributed by atoms with E-state index in [2.05, 4.69) is 5.32 Å². The van der Waals surface area contributed by atoms with Crippen molar-refractivity contribution in [2.24, 2.45) is 0 Å². The van der Waals surface area contributed by atoms with Gasteiger partial charge >= 0.3 is 5.97 Å². The van der Waals surface area contributed by atoms with Crippen molar-refractivity contribution < 1.29 is 23.8 Å². The van der Waals surface area contributed by atoms with Gasteiger partial charge in [-0.25, -0.2) is 4.79 Å². The molecule has 3 aromatic rings. The largest absolute Gasteiger partial charge is 0.507 e. The van der Waals surface area contributed by atoms with E-state index < -0.39 is 24.5 Å². The van der Waals surface area contributed by atoms with Crippen molar-refractivity contribution in [2.75, 3.05) is 6.61 Å². The highest BCUT2D eigenvalue weighted by Gasteiger charge is 2.17. The number of amides is 1. The van der Waals surface area contributed by atoms with E-state index >= 15 is 0 Å². The predicted octanol–water partition coefficient (Wildman–Crippen LogP) is 3.83. The van der Waals surface area contributed by atoms with Crippen molar-refractivity contribution >= 4 is 34.4 Å². The summed E-state index contributed by atoms with van der Waals surface area (Å²) in [6.45, 7) is 1.29. The summed E-state index contributed by atoms with van der Waals surface area (Å²) in [6.07, 6.45) is 0. The molecular formula is C19H16ClNO5. The topological polar surface area (TPSA) is 88.8 Å². The van der Waals surface area contributed by atoms with Gasteiger partial charge in [-0.1, -0.05) is 29.8 Å². The summed E-state index contributed by atoms with van der Waals surface area (Å²) in [6, 6.07) is 13.0. The quantitative estimate of drug-likeness (QED) is 0.663. The Hall–Kier alpha value is -2.99. The molecule has 0 saturated carbocycles. The van der Waals surface area contributed by atoms with Crippen LogP contribution in [0.2, 0.25) is 5.02 Å². The van der Waals surface area contributed by atoms with Gasteiger partial charge in [0.05, 0.1) is 6.04 Å². The maximum absolute atomic E-state index is 12.0. The summed E-state index contributed by atoms with van der Waals surface area (Å²) in [5.74, 6) is -1.01. The summed E-state index contributed by atoms with van der Waals surface area (Å²) in [4.78, 5) is 23.9. The maximum atomic E-state index is 12.0. The third-order valence-electron chi connectivity index (χ3n) is 3.76. The first-order valence-corrected chi connectivity index (χ1v) is 8.25. The zero-order valence-electron chi connectivity index (χ0n) is 13.9. The molecule has 0 saturated heterocycles. The summed E-state index contributed by atoms with van der Waals surface area (Å²) >= 11 is 5.71. The van der Waals surface area contributed by atoms with Gasteiger partial charge in [-0.15, -0.1) is 0 Å². The number of carbonyl (C=O) groups is 2. The molecule has 26 heavy (non-hydrogen) atoms. The number of furan rings is 1. The zero-order valence-corrected chi connectivity index (χ0v) is 14.6. The fourth-order valence-electron chi connectivity index (χ4n) is 2.46. The Morgan fingerprint density at radius 2 is 2.00 bits per heavy atom. The first-order valence-electron chi connectivity index (χ1n) is 7.87. The van der Waals surface area contributed by atoms with Crippen LogP contribution in [-0.4, -0.2) is 23.6 Å². The minimum absolute atomic E-state index is 0.0625. The van der Waals surface area contributed by atoms with Crippen LogP contribution in [0.4, 0.5) is 0 Å². The normalized spacial score (nSPS) is 11.9. The molecule has 0 aliphatic heterocycles. The van der Waals surface area contributed by atoms with E-state index in [0.29, 0.717) is 5.76 Å². The number of para-hydroxylation sites is 1. The Kier molecular flexibility index (Phi) is 5.14. The Morgan fingerprint density at radius 1 is 1.23 bits per heavy atom. The second kappa shape index (κ2) is 7.49. The molecule has 1 amide bonds. The minimum atomic E-state index is -0.814. The van der Waals surface area contributed by atoms with E-state index in [1.807, 2.05) is 30.3 Å². The average molecular weight is 374 g/mol. The average Bonchev–Trinajstić information content (AvgIpc) is 3.04. The monoisotopic (exact) mass is 373 g/mol. The third-order valence-corrected chi connectivity index (χ3v) is 4.00. The smallest absolute Gasteiger partial charge is 0.342 e. The van der Waals surface area contributed by atoms with E-state index in [1.54, 1.807) is 6.92 Å². The molecule has 0 aliphatic rings. The van der Waals surface area contributed by atoms with Crippen molar-refractivity contribution in [1.82, 2.24) is 5.32 Å². The fraction of sp³-hybridized carbons (Fsp3) is 0.158. The van der Waals surface area contributed by atoms with E-state index in [9.17, 15) is 14.7 Å². The summed E-state index contributed by atoms with van der Waals surface area (Å²) < 4.78 is 10.6. The number of carbonyl (C=O) groups excluding carboxylic acids is 2. The molecule has 2 aromatic carbocycles. The van der Waals surface area contributed by atoms with E-state index in [1.165, 1.54) is 18.2 Å². The fourth-order valence-corrected chi connectivity index (χ4v) is 2.62. The molecule has 0 radical (unpaired) electrons. The van der Waals surface area contributed by atoms with Crippen molar-refractivity contribution in [2.45, 2.75) is 13.0 Å². The number of phenolic OH excluding ortho intramolecular Hbond substituents is 1. The van der Waals surface area contributed by atoms with Gasteiger partial charge in [0.15, 0.2) is 6.61 Å². The van der Waals surface area contributed by atoms with E-state index in [-0.39, 0.29) is 16.3 Å². The number of aromatic hydroxyl groups is 1. The number of phenols is 1. The van der Waals surface area contributed by atoms with Gasteiger partial charge in [0.25, 0.3) is 5.91 Å². The van der Waals surface area contributed by atoms with Crippen LogP contribution in [0.25, 0.3) is 11.0 Å². The molecular weight excluding hydrogens is 358 g/mol. The lowest BCUT2D eigenvalue weighted by Gasteiger charge is -2.12. The van der Waals surface area contributed by atoms with Crippen LogP contribution < -0.4 is 5.32 Å². The number of hydrogen-bond acceptors (Lipinski definition) is 5. The van der Waals surface area contributed by atoms with Crippen molar-refractivity contribution in [3.63, 3.8) is 0 Å². The second-order valence-electron chi connectivity index (χ2n) is 5.71. The predicted molar refractivity (Wildman–Crippen MR) is 96.2 cm³/mol. The molecule has 0 aliphatic carbocycles. The van der Waals surface area contributed by atoms with E-state index in [0.717, 1.165) is 11.0 Å². The van der Waals surface area contributed by atoms with Gasteiger partial charge in [-0.3, -0.25) is 4.79 Å². The third kappa shape index (κ3) is 3.97. The first-order chi connectivity index (χ1) is 12.4. The van der Waals surface area contributed by atoms with Crippen LogP contribution >= 0.6 is 11.6 Å². The zero-order chi connectivity index (χ0) is 18.7. The Morgan fingerprint density at radius 3 is 2.73 bits per heavy atom. The molecule has 1 heterocycles.